The number of hydrogen-bond acceptors (Lipinski definition) is 5. The van der Waals surface area contributed by atoms with Gasteiger partial charge in [0.25, 0.3) is 0 Å². The summed E-state index contributed by atoms with van der Waals surface area (Å²) in [5.74, 6) is -0.0488. The van der Waals surface area contributed by atoms with E-state index in [2.05, 4.69) is 43.5 Å². The van der Waals surface area contributed by atoms with E-state index in [1.165, 1.54) is 347 Å². The van der Waals surface area contributed by atoms with Crippen molar-refractivity contribution in [3.8, 4) is 0 Å². The van der Waals surface area contributed by atoms with Gasteiger partial charge in [-0.25, -0.2) is 0 Å². The van der Waals surface area contributed by atoms with Crippen LogP contribution in [0.2, 0.25) is 0 Å². The van der Waals surface area contributed by atoms with Gasteiger partial charge >= 0.3 is 5.97 Å². The number of hydrogen-bond donors (Lipinski definition) is 3. The first-order valence-electron chi connectivity index (χ1n) is 38.3. The van der Waals surface area contributed by atoms with Gasteiger partial charge < -0.3 is 20.3 Å². The van der Waals surface area contributed by atoms with Crippen molar-refractivity contribution in [2.24, 2.45) is 0 Å². The summed E-state index contributed by atoms with van der Waals surface area (Å²) in [7, 11) is 0. The number of nitrogens with one attached hydrogen (secondary N) is 1. The molecule has 496 valence electrons. The molecule has 2 atom stereocenters. The average molecular weight is 1180 g/mol. The first-order chi connectivity index (χ1) is 41.5. The minimum atomic E-state index is -0.844. The number of carbonyl (C=O) groups excluding carboxylic acids is 2. The molecule has 84 heavy (non-hydrogen) atoms. The Balaban J connectivity index is 3.37. The molecular weight excluding hydrogens is 1030 g/mol. The van der Waals surface area contributed by atoms with Crippen LogP contribution in [0.25, 0.3) is 0 Å². The predicted octanol–water partition coefficient (Wildman–Crippen LogP) is 25.0. The second-order valence-corrected chi connectivity index (χ2v) is 26.3. The first-order valence-corrected chi connectivity index (χ1v) is 38.3. The molecule has 6 nitrogen and oxygen atoms in total. The maximum Gasteiger partial charge on any atom is 0.305 e. The Morgan fingerprint density at radius 2 is 0.595 bits per heavy atom. The van der Waals surface area contributed by atoms with Crippen LogP contribution in [0.5, 0.6) is 0 Å². The van der Waals surface area contributed by atoms with Gasteiger partial charge in [0, 0.05) is 12.8 Å². The van der Waals surface area contributed by atoms with Crippen molar-refractivity contribution in [3.05, 3.63) is 36.5 Å². The smallest absolute Gasteiger partial charge is 0.305 e. The summed E-state index contributed by atoms with van der Waals surface area (Å²) in [6.45, 7) is 4.93. The minimum Gasteiger partial charge on any atom is -0.466 e. The largest absolute Gasteiger partial charge is 0.466 e. The quantitative estimate of drug-likeness (QED) is 0.0320. The fourth-order valence-electron chi connectivity index (χ4n) is 12.1. The number of allylic oxidation sites excluding steroid dienone is 5. The lowest BCUT2D eigenvalue weighted by atomic mass is 10.0. The fourth-order valence-corrected chi connectivity index (χ4v) is 12.1. The maximum absolute atomic E-state index is 12.5. The van der Waals surface area contributed by atoms with Gasteiger partial charge in [0.1, 0.15) is 0 Å². The van der Waals surface area contributed by atoms with Crippen LogP contribution < -0.4 is 5.32 Å². The van der Waals surface area contributed by atoms with E-state index in [-0.39, 0.29) is 18.5 Å². The highest BCUT2D eigenvalue weighted by Gasteiger charge is 2.18. The summed E-state index contributed by atoms with van der Waals surface area (Å²) in [6, 6.07) is -0.627. The van der Waals surface area contributed by atoms with Crippen LogP contribution in [0.4, 0.5) is 0 Å². The molecule has 3 N–H and O–H groups in total. The predicted molar refractivity (Wildman–Crippen MR) is 370 cm³/mol. The van der Waals surface area contributed by atoms with Gasteiger partial charge in [-0.1, -0.05) is 384 Å². The van der Waals surface area contributed by atoms with E-state index in [1.807, 2.05) is 6.08 Å². The summed E-state index contributed by atoms with van der Waals surface area (Å²) in [4.78, 5) is 24.6. The second-order valence-electron chi connectivity index (χ2n) is 26.3. The van der Waals surface area contributed by atoms with E-state index in [9.17, 15) is 19.8 Å². The molecule has 0 aliphatic heterocycles. The zero-order chi connectivity index (χ0) is 60.6. The molecule has 0 aromatic carbocycles. The molecule has 2 unspecified atom stereocenters. The van der Waals surface area contributed by atoms with Gasteiger partial charge in [0.05, 0.1) is 25.4 Å². The summed E-state index contributed by atoms with van der Waals surface area (Å²) in [5, 5.41) is 23.3. The minimum absolute atomic E-state index is 0.0118. The molecule has 0 aliphatic carbocycles. The van der Waals surface area contributed by atoms with Crippen LogP contribution in [-0.2, 0) is 14.3 Å². The lowest BCUT2D eigenvalue weighted by Gasteiger charge is -2.20. The molecule has 0 fully saturated rings. The van der Waals surface area contributed by atoms with Crippen LogP contribution >= 0.6 is 0 Å². The third kappa shape index (κ3) is 69.2. The molecule has 0 rings (SSSR count). The Morgan fingerprint density at radius 3 is 0.917 bits per heavy atom. The van der Waals surface area contributed by atoms with Gasteiger partial charge in [0.2, 0.25) is 5.91 Å². The number of rotatable bonds is 72. The van der Waals surface area contributed by atoms with Crippen LogP contribution in [0.1, 0.15) is 425 Å². The summed E-state index contributed by atoms with van der Waals surface area (Å²) in [6.07, 6.45) is 95.3. The highest BCUT2D eigenvalue weighted by atomic mass is 16.5. The fraction of sp³-hybridized carbons (Fsp3) is 0.897. The van der Waals surface area contributed by atoms with Gasteiger partial charge in [-0.3, -0.25) is 9.59 Å². The molecule has 0 aliphatic rings. The highest BCUT2D eigenvalue weighted by molar-refractivity contribution is 5.76. The van der Waals surface area contributed by atoms with Gasteiger partial charge in [-0.2, -0.15) is 0 Å². The van der Waals surface area contributed by atoms with Gasteiger partial charge in [-0.05, 0) is 64.2 Å². The summed E-state index contributed by atoms with van der Waals surface area (Å²) < 4.78 is 5.51. The zero-order valence-electron chi connectivity index (χ0n) is 56.9. The average Bonchev–Trinajstić information content (AvgIpc) is 3.53. The van der Waals surface area contributed by atoms with Crippen molar-refractivity contribution in [2.75, 3.05) is 13.2 Å². The van der Waals surface area contributed by atoms with E-state index >= 15 is 0 Å². The summed E-state index contributed by atoms with van der Waals surface area (Å²) in [5.41, 5.74) is 0. The molecule has 0 heterocycles. The Morgan fingerprint density at radius 1 is 0.333 bits per heavy atom. The van der Waals surface area contributed by atoms with Gasteiger partial charge in [0.15, 0.2) is 0 Å². The van der Waals surface area contributed by atoms with Gasteiger partial charge in [-0.15, -0.1) is 0 Å². The maximum atomic E-state index is 12.5. The van der Waals surface area contributed by atoms with E-state index in [0.717, 1.165) is 51.4 Å². The Hall–Kier alpha value is -1.92. The molecule has 1 amide bonds. The molecule has 0 saturated carbocycles. The molecule has 0 aromatic rings. The number of esters is 1. The number of aliphatic hydroxyl groups is 2. The molecular formula is C78H149NO5. The molecule has 0 spiro atoms. The molecule has 0 aromatic heterocycles. The molecule has 0 saturated heterocycles. The number of unbranched alkanes of at least 4 members (excludes halogenated alkanes) is 57. The number of carbonyl (C=O) groups is 2. The van der Waals surface area contributed by atoms with Crippen molar-refractivity contribution in [1.82, 2.24) is 5.32 Å². The normalized spacial score (nSPS) is 12.7. The lowest BCUT2D eigenvalue weighted by molar-refractivity contribution is -0.143. The number of aliphatic hydroxyl groups excluding tert-OH is 2. The number of ether oxygens (including phenoxy) is 1. The van der Waals surface area contributed by atoms with E-state index in [4.69, 9.17) is 4.74 Å². The first kappa shape index (κ1) is 82.1. The number of amides is 1. The SMILES string of the molecule is CCCCCC/C=C\C/C=C\CCCCCCCCCC(=O)OCCCCCCCCCCCCCCCCCCCCCCCCCCCCCCC(=O)NC(CO)C(O)/C=C/CCCCCCCCCCCCCCCCCCCCC. The van der Waals surface area contributed by atoms with Crippen molar-refractivity contribution in [1.29, 1.82) is 0 Å². The third-order valence-electron chi connectivity index (χ3n) is 17.9. The Bertz CT molecular complexity index is 1360. The van der Waals surface area contributed by atoms with Crippen LogP contribution in [-0.4, -0.2) is 47.4 Å². The van der Waals surface area contributed by atoms with Crippen molar-refractivity contribution < 1.29 is 24.5 Å². The second kappa shape index (κ2) is 73.5. The van der Waals surface area contributed by atoms with Crippen molar-refractivity contribution in [3.63, 3.8) is 0 Å². The van der Waals surface area contributed by atoms with Crippen LogP contribution in [0.15, 0.2) is 36.5 Å². The highest BCUT2D eigenvalue weighted by Crippen LogP contribution is 2.19. The van der Waals surface area contributed by atoms with Crippen LogP contribution in [0.3, 0.4) is 0 Å². The molecule has 0 bridgehead atoms. The zero-order valence-corrected chi connectivity index (χ0v) is 56.9. The standard InChI is InChI=1S/C78H149NO5/c1-3-5-7-9-11-13-15-17-19-21-23-32-35-38-42-46-50-54-58-62-66-70-76(81)75(74-80)79-77(82)71-67-63-59-55-51-47-43-39-36-33-30-28-26-24-25-27-29-31-34-37-41-45-49-53-57-61-65-69-73-84-78(83)72-68-64-60-56-52-48-44-40-22-20-18-16-14-12-10-8-6-4-2/h14,16,20,22,66,70,75-76,80-81H,3-13,15,17-19,21,23-65,67-69,71-74H2,1-2H3,(H,79,82)/b16-14-,22-20-,70-66+. The van der Waals surface area contributed by atoms with Crippen molar-refractivity contribution >= 4 is 11.9 Å². The van der Waals surface area contributed by atoms with E-state index in [0.29, 0.717) is 19.4 Å². The van der Waals surface area contributed by atoms with Crippen LogP contribution in [0, 0.1) is 0 Å². The third-order valence-corrected chi connectivity index (χ3v) is 17.9. The topological polar surface area (TPSA) is 95.9 Å². The van der Waals surface area contributed by atoms with E-state index < -0.39 is 12.1 Å². The van der Waals surface area contributed by atoms with Crippen molar-refractivity contribution in [2.45, 2.75) is 437 Å². The lowest BCUT2D eigenvalue weighted by Crippen LogP contribution is -2.45. The van der Waals surface area contributed by atoms with E-state index in [1.54, 1.807) is 6.08 Å². The molecule has 6 heteroatoms. The Labute approximate surface area is 525 Å². The summed E-state index contributed by atoms with van der Waals surface area (Å²) >= 11 is 0. The monoisotopic (exact) mass is 1180 g/mol. The Kier molecular flexibility index (Phi) is 71.9. The molecule has 0 radical (unpaired) electrons.